The highest BCUT2D eigenvalue weighted by atomic mass is 16.5. The number of carboxylic acid groups (broad SMARTS) is 2. The van der Waals surface area contributed by atoms with Crippen LogP contribution in [0.15, 0.2) is 0 Å². The molecule has 180 valence electrons. The SMILES string of the molecule is CCC(CC(CC(CC(C)C(=O)OCCO)C(=O)O)C(=O)O)C(=O)OCC[N+](C)(C)C. The van der Waals surface area contributed by atoms with Crippen molar-refractivity contribution in [2.45, 2.75) is 39.5 Å². The van der Waals surface area contributed by atoms with Crippen molar-refractivity contribution in [2.75, 3.05) is 47.5 Å². The van der Waals surface area contributed by atoms with Gasteiger partial charge in [0.05, 0.1) is 51.4 Å². The minimum absolute atomic E-state index is 0.0395. The summed E-state index contributed by atoms with van der Waals surface area (Å²) < 4.78 is 10.7. The highest BCUT2D eigenvalue weighted by Gasteiger charge is 2.33. The van der Waals surface area contributed by atoms with Crippen molar-refractivity contribution in [3.05, 3.63) is 0 Å². The van der Waals surface area contributed by atoms with Crippen molar-refractivity contribution < 1.29 is 48.5 Å². The summed E-state index contributed by atoms with van der Waals surface area (Å²) in [6.45, 7) is 3.53. The van der Waals surface area contributed by atoms with Crippen LogP contribution in [0.25, 0.3) is 0 Å². The van der Waals surface area contributed by atoms with Crippen LogP contribution >= 0.6 is 0 Å². The lowest BCUT2D eigenvalue weighted by atomic mass is 9.82. The Morgan fingerprint density at radius 3 is 1.74 bits per heavy atom. The summed E-state index contributed by atoms with van der Waals surface area (Å²) in [7, 11) is 5.87. The van der Waals surface area contributed by atoms with Crippen LogP contribution in [0.2, 0.25) is 0 Å². The molecule has 4 unspecified atom stereocenters. The molecule has 0 amide bonds. The van der Waals surface area contributed by atoms with Gasteiger partial charge in [-0.25, -0.2) is 0 Å². The third kappa shape index (κ3) is 12.3. The number of quaternary nitrogens is 1. The van der Waals surface area contributed by atoms with E-state index in [4.69, 9.17) is 14.6 Å². The maximum Gasteiger partial charge on any atom is 0.309 e. The van der Waals surface area contributed by atoms with Gasteiger partial charge in [-0.3, -0.25) is 19.2 Å². The van der Waals surface area contributed by atoms with Gasteiger partial charge in [-0.1, -0.05) is 13.8 Å². The second kappa shape index (κ2) is 14.0. The molecule has 10 heteroatoms. The largest absolute Gasteiger partial charge is 0.481 e. The van der Waals surface area contributed by atoms with Gasteiger partial charge in [0, 0.05) is 0 Å². The van der Waals surface area contributed by atoms with E-state index in [2.05, 4.69) is 0 Å². The molecule has 0 aromatic carbocycles. The second-order valence-corrected chi connectivity index (χ2v) is 8.86. The Morgan fingerprint density at radius 2 is 1.29 bits per heavy atom. The maximum atomic E-state index is 12.4. The number of nitrogens with zero attached hydrogens (tertiary/aromatic N) is 1. The molecule has 0 aliphatic heterocycles. The first-order valence-corrected chi connectivity index (χ1v) is 10.5. The van der Waals surface area contributed by atoms with Crippen molar-refractivity contribution in [2.24, 2.45) is 23.7 Å². The molecular weight excluding hydrogens is 410 g/mol. The zero-order chi connectivity index (χ0) is 24.2. The summed E-state index contributed by atoms with van der Waals surface area (Å²) in [5, 5.41) is 27.8. The molecule has 0 aliphatic rings. The number of carboxylic acids is 2. The van der Waals surface area contributed by atoms with E-state index in [0.717, 1.165) is 0 Å². The number of aliphatic hydroxyl groups is 1. The number of likely N-dealkylation sites (N-methyl/N-ethyl adjacent to an activating group) is 1. The maximum absolute atomic E-state index is 12.4. The summed E-state index contributed by atoms with van der Waals surface area (Å²) in [5.41, 5.74) is 0. The number of aliphatic carboxylic acids is 2. The van der Waals surface area contributed by atoms with E-state index in [0.29, 0.717) is 17.4 Å². The lowest BCUT2D eigenvalue weighted by Gasteiger charge is -2.25. The molecule has 0 heterocycles. The number of hydrogen-bond donors (Lipinski definition) is 3. The van der Waals surface area contributed by atoms with E-state index in [1.807, 2.05) is 21.1 Å². The highest BCUT2D eigenvalue weighted by Crippen LogP contribution is 2.28. The van der Waals surface area contributed by atoms with Gasteiger partial charge < -0.3 is 29.3 Å². The van der Waals surface area contributed by atoms with Crippen LogP contribution in [0, 0.1) is 23.7 Å². The number of aliphatic hydroxyl groups excluding tert-OH is 1. The molecule has 0 spiro atoms. The van der Waals surface area contributed by atoms with Crippen molar-refractivity contribution in [1.82, 2.24) is 0 Å². The molecule has 0 fully saturated rings. The predicted octanol–water partition coefficient (Wildman–Crippen LogP) is 1.01. The number of esters is 2. The smallest absolute Gasteiger partial charge is 0.309 e. The highest BCUT2D eigenvalue weighted by molar-refractivity contribution is 5.77. The van der Waals surface area contributed by atoms with Crippen LogP contribution in [0.3, 0.4) is 0 Å². The van der Waals surface area contributed by atoms with Crippen molar-refractivity contribution >= 4 is 23.9 Å². The Bertz CT molecular complexity index is 600. The van der Waals surface area contributed by atoms with Gasteiger partial charge in [-0.05, 0) is 25.7 Å². The van der Waals surface area contributed by atoms with Gasteiger partial charge in [0.15, 0.2) is 0 Å². The normalized spacial score (nSPS) is 15.4. The monoisotopic (exact) mass is 448 g/mol. The standard InChI is InChI=1S/C21H37NO9/c1-6-15(21(29)30-9-7-22(3,4)5)12-17(19(26)27)13-16(18(24)25)11-14(2)20(28)31-10-8-23/h14-17,23H,6-13H2,1-5H3,(H-,24,25,26,27)/p+1. The minimum atomic E-state index is -1.22. The van der Waals surface area contributed by atoms with Crippen LogP contribution in [-0.2, 0) is 28.7 Å². The lowest BCUT2D eigenvalue weighted by Crippen LogP contribution is -2.38. The van der Waals surface area contributed by atoms with Gasteiger partial charge in [-0.2, -0.15) is 0 Å². The molecule has 0 aliphatic carbocycles. The first kappa shape index (κ1) is 28.8. The fourth-order valence-electron chi connectivity index (χ4n) is 3.06. The molecule has 10 nitrogen and oxygen atoms in total. The molecule has 0 saturated carbocycles. The van der Waals surface area contributed by atoms with Gasteiger partial charge in [0.2, 0.25) is 0 Å². The molecule has 0 aromatic heterocycles. The van der Waals surface area contributed by atoms with Crippen LogP contribution in [0.1, 0.15) is 39.5 Å². The van der Waals surface area contributed by atoms with E-state index >= 15 is 0 Å². The average Bonchev–Trinajstić information content (AvgIpc) is 2.66. The molecular formula is C21H38NO9+. The molecule has 4 atom stereocenters. The Balaban J connectivity index is 5.07. The minimum Gasteiger partial charge on any atom is -0.481 e. The van der Waals surface area contributed by atoms with Crippen molar-refractivity contribution in [3.63, 3.8) is 0 Å². The third-order valence-electron chi connectivity index (χ3n) is 5.05. The first-order chi connectivity index (χ1) is 14.3. The third-order valence-corrected chi connectivity index (χ3v) is 5.05. The first-order valence-electron chi connectivity index (χ1n) is 10.5. The zero-order valence-corrected chi connectivity index (χ0v) is 19.2. The fourth-order valence-corrected chi connectivity index (χ4v) is 3.06. The molecule has 31 heavy (non-hydrogen) atoms. The Morgan fingerprint density at radius 1 is 0.806 bits per heavy atom. The van der Waals surface area contributed by atoms with Gasteiger partial charge in [-0.15, -0.1) is 0 Å². The van der Waals surface area contributed by atoms with Crippen LogP contribution < -0.4 is 0 Å². The zero-order valence-electron chi connectivity index (χ0n) is 19.2. The Hall–Kier alpha value is -2.20. The number of carbonyl (C=O) groups is 4. The summed E-state index contributed by atoms with van der Waals surface area (Å²) in [5.74, 6) is -7.15. The molecule has 0 bridgehead atoms. The van der Waals surface area contributed by atoms with Crippen molar-refractivity contribution in [1.29, 1.82) is 0 Å². The summed E-state index contributed by atoms with van der Waals surface area (Å²) in [4.78, 5) is 47.7. The van der Waals surface area contributed by atoms with Crippen LogP contribution in [0.5, 0.6) is 0 Å². The average molecular weight is 449 g/mol. The molecule has 3 N–H and O–H groups in total. The predicted molar refractivity (Wildman–Crippen MR) is 111 cm³/mol. The topological polar surface area (TPSA) is 147 Å². The number of hydrogen-bond acceptors (Lipinski definition) is 7. The van der Waals surface area contributed by atoms with Gasteiger partial charge >= 0.3 is 23.9 Å². The lowest BCUT2D eigenvalue weighted by molar-refractivity contribution is -0.870. The summed E-state index contributed by atoms with van der Waals surface area (Å²) in [6.07, 6.45) is 0.00976. The fraction of sp³-hybridized carbons (Fsp3) is 0.810. The molecule has 0 saturated heterocycles. The summed E-state index contributed by atoms with van der Waals surface area (Å²) in [6, 6.07) is 0. The quantitative estimate of drug-likeness (QED) is 0.232. The summed E-state index contributed by atoms with van der Waals surface area (Å²) >= 11 is 0. The Kier molecular flexibility index (Phi) is 13.0. The molecule has 0 aromatic rings. The Labute approximate surface area is 183 Å². The van der Waals surface area contributed by atoms with E-state index in [1.165, 1.54) is 6.92 Å². The van der Waals surface area contributed by atoms with E-state index < -0.39 is 47.5 Å². The molecule has 0 rings (SSSR count). The van der Waals surface area contributed by atoms with Crippen molar-refractivity contribution in [3.8, 4) is 0 Å². The van der Waals surface area contributed by atoms with Crippen LogP contribution in [-0.4, -0.2) is 91.2 Å². The van der Waals surface area contributed by atoms with E-state index in [1.54, 1.807) is 6.92 Å². The van der Waals surface area contributed by atoms with Gasteiger partial charge in [0.25, 0.3) is 0 Å². The van der Waals surface area contributed by atoms with Gasteiger partial charge in [0.1, 0.15) is 19.8 Å². The van der Waals surface area contributed by atoms with E-state index in [-0.39, 0.29) is 39.1 Å². The number of rotatable bonds is 16. The number of ether oxygens (including phenoxy) is 2. The second-order valence-electron chi connectivity index (χ2n) is 8.86. The number of carbonyl (C=O) groups excluding carboxylic acids is 2. The van der Waals surface area contributed by atoms with E-state index in [9.17, 15) is 29.4 Å². The van der Waals surface area contributed by atoms with Crippen LogP contribution in [0.4, 0.5) is 0 Å². The molecule has 0 radical (unpaired) electrons.